The molecule has 4 heteroatoms. The summed E-state index contributed by atoms with van der Waals surface area (Å²) in [5, 5.41) is 7.89. The van der Waals surface area contributed by atoms with Crippen molar-refractivity contribution in [2.45, 2.75) is 0 Å². The number of nitrogens with zero attached hydrogens (tertiary/aromatic N) is 1. The van der Waals surface area contributed by atoms with Crippen molar-refractivity contribution in [3.8, 4) is 0 Å². The van der Waals surface area contributed by atoms with Crippen molar-refractivity contribution in [1.29, 1.82) is 0 Å². The summed E-state index contributed by atoms with van der Waals surface area (Å²) in [7, 11) is 0. The average molecular weight is 251 g/mol. The molecule has 0 rings (SSSR count). The van der Waals surface area contributed by atoms with Crippen molar-refractivity contribution in [1.82, 2.24) is 0 Å². The Morgan fingerprint density at radius 3 is 1.75 bits per heavy atom. The van der Waals surface area contributed by atoms with Crippen LogP contribution in [0.15, 0.2) is 5.34 Å². The minimum absolute atomic E-state index is 0. The van der Waals surface area contributed by atoms with E-state index in [4.69, 9.17) is 10.1 Å². The van der Waals surface area contributed by atoms with Gasteiger partial charge in [-0.25, -0.2) is 0 Å². The first kappa shape index (κ1) is 8.85. The third-order valence-electron chi connectivity index (χ3n) is 0. The summed E-state index contributed by atoms with van der Waals surface area (Å²) in [6.45, 7) is 0. The average Bonchev–Trinajstić information content (AvgIpc) is 0.918. The molecule has 0 saturated heterocycles. The van der Waals surface area contributed by atoms with E-state index in [1.807, 2.05) is 0 Å². The zero-order chi connectivity index (χ0) is 2.71. The smallest absolute Gasteiger partial charge is 0.152 e. The van der Waals surface area contributed by atoms with Gasteiger partial charge in [-0.15, -0.1) is 4.91 Å². The summed E-state index contributed by atoms with van der Waals surface area (Å²) in [4.78, 5) is 8.11. The molecule has 0 unspecified atom stereocenters. The van der Waals surface area contributed by atoms with Crippen LogP contribution >= 0.6 is 0 Å². The molecule has 3 nitrogen and oxygen atoms in total. The van der Waals surface area contributed by atoms with Gasteiger partial charge in [-0.3, -0.25) is 0 Å². The molecule has 0 aromatic carbocycles. The molecule has 0 amide bonds. The summed E-state index contributed by atoms with van der Waals surface area (Å²) in [6.07, 6.45) is 0. The van der Waals surface area contributed by atoms with Gasteiger partial charge in [0.25, 0.3) is 0 Å². The van der Waals surface area contributed by atoms with E-state index in [9.17, 15) is 0 Å². The van der Waals surface area contributed by atoms with Crippen molar-refractivity contribution in [3.05, 3.63) is 4.91 Å². The molecule has 0 atom stereocenters. The zero-order valence-corrected chi connectivity index (χ0v) is 6.37. The van der Waals surface area contributed by atoms with Crippen LogP contribution in [-0.4, -0.2) is 32.5 Å². The standard InChI is InChI=1S/HNO2.Tl/c2-1-3;/h(H,2,3);. The molecule has 1 radical (unpaired) electrons. The van der Waals surface area contributed by atoms with E-state index < -0.39 is 0 Å². The molecule has 0 aliphatic carbocycles. The fraction of sp³-hybridized carbons (Fsp3) is 0. The van der Waals surface area contributed by atoms with E-state index in [0.29, 0.717) is 0 Å². The largest absolute Gasteiger partial charge is 0.379 e. The molecule has 0 heterocycles. The first-order chi connectivity index (χ1) is 1.41. The maximum atomic E-state index is 8.11. The molecular weight excluding hydrogens is 250 g/mol. The Bertz CT molecular complexity index is 13.5. The molecule has 0 aliphatic rings. The third-order valence-corrected chi connectivity index (χ3v) is 0. The van der Waals surface area contributed by atoms with Gasteiger partial charge in [0.15, 0.2) is 5.34 Å². The number of hydrogen-bond acceptors (Lipinski definition) is 2. The Labute approximate surface area is 43.1 Å². The van der Waals surface area contributed by atoms with Gasteiger partial charge in [0, 0.05) is 27.3 Å². The molecular formula is HNO2Tl. The van der Waals surface area contributed by atoms with Crippen molar-refractivity contribution in [2.24, 2.45) is 5.34 Å². The molecule has 0 spiro atoms. The molecule has 21 valence electrons. The fourth-order valence-corrected chi connectivity index (χ4v) is 0. The van der Waals surface area contributed by atoms with Crippen molar-refractivity contribution in [2.75, 3.05) is 0 Å². The van der Waals surface area contributed by atoms with Crippen LogP contribution in [-0.2, 0) is 0 Å². The quantitative estimate of drug-likeness (QED) is 0.367. The van der Waals surface area contributed by atoms with Gasteiger partial charge in [0.1, 0.15) is 0 Å². The van der Waals surface area contributed by atoms with Crippen LogP contribution in [0.4, 0.5) is 0 Å². The number of rotatable bonds is 0. The second kappa shape index (κ2) is 10.2. The first-order valence-corrected chi connectivity index (χ1v) is 0.383. The van der Waals surface area contributed by atoms with Crippen molar-refractivity contribution < 1.29 is 5.21 Å². The first-order valence-electron chi connectivity index (χ1n) is 0.383. The van der Waals surface area contributed by atoms with E-state index in [0.717, 1.165) is 0 Å². The summed E-state index contributed by atoms with van der Waals surface area (Å²) in [5.74, 6) is 0. The van der Waals surface area contributed by atoms with Crippen LogP contribution in [0.2, 0.25) is 0 Å². The van der Waals surface area contributed by atoms with Crippen LogP contribution < -0.4 is 0 Å². The SMILES string of the molecule is O=NO.[Tl]. The van der Waals surface area contributed by atoms with Crippen LogP contribution in [0.1, 0.15) is 0 Å². The van der Waals surface area contributed by atoms with Crippen LogP contribution in [0.5, 0.6) is 0 Å². The van der Waals surface area contributed by atoms with Gasteiger partial charge in [-0.05, 0) is 0 Å². The van der Waals surface area contributed by atoms with E-state index in [-0.39, 0.29) is 27.3 Å². The Balaban J connectivity index is 0. The monoisotopic (exact) mass is 252 g/mol. The number of hydrogen-bond donors (Lipinski definition) is 1. The van der Waals surface area contributed by atoms with Gasteiger partial charge in [0.05, 0.1) is 0 Å². The van der Waals surface area contributed by atoms with Gasteiger partial charge < -0.3 is 5.21 Å². The Morgan fingerprint density at radius 1 is 1.75 bits per heavy atom. The molecule has 0 aromatic heterocycles. The predicted octanol–water partition coefficient (Wildman–Crippen LogP) is -0.239. The Kier molecular flexibility index (Phi) is 22.7. The van der Waals surface area contributed by atoms with E-state index in [1.54, 1.807) is 0 Å². The molecule has 0 bridgehead atoms. The fourth-order valence-electron chi connectivity index (χ4n) is 0. The molecule has 0 aromatic rings. The van der Waals surface area contributed by atoms with Gasteiger partial charge in [-0.2, -0.15) is 0 Å². The molecule has 0 fully saturated rings. The van der Waals surface area contributed by atoms with Gasteiger partial charge >= 0.3 is 0 Å². The van der Waals surface area contributed by atoms with Crippen LogP contribution in [0.25, 0.3) is 0 Å². The molecule has 0 aliphatic heterocycles. The maximum absolute atomic E-state index is 8.11. The van der Waals surface area contributed by atoms with E-state index in [1.165, 1.54) is 5.34 Å². The van der Waals surface area contributed by atoms with Gasteiger partial charge in [0.2, 0.25) is 0 Å². The summed E-state index contributed by atoms with van der Waals surface area (Å²) in [5.41, 5.74) is 0. The minimum Gasteiger partial charge on any atom is -0.379 e. The Morgan fingerprint density at radius 2 is 1.75 bits per heavy atom. The second-order valence-electron chi connectivity index (χ2n) is 0.0816. The molecule has 4 heavy (non-hydrogen) atoms. The zero-order valence-electron chi connectivity index (χ0n) is 1.88. The molecule has 0 saturated carbocycles. The summed E-state index contributed by atoms with van der Waals surface area (Å²) in [6, 6.07) is 0. The van der Waals surface area contributed by atoms with Crippen LogP contribution in [0, 0.1) is 4.91 Å². The summed E-state index contributed by atoms with van der Waals surface area (Å²) < 4.78 is 0. The Hall–Kier alpha value is 0.322. The van der Waals surface area contributed by atoms with Crippen molar-refractivity contribution in [3.63, 3.8) is 0 Å². The van der Waals surface area contributed by atoms with Crippen molar-refractivity contribution >= 4 is 27.3 Å². The van der Waals surface area contributed by atoms with Gasteiger partial charge in [-0.1, -0.05) is 0 Å². The topological polar surface area (TPSA) is 49.7 Å². The third kappa shape index (κ3) is 39.1. The summed E-state index contributed by atoms with van der Waals surface area (Å²) >= 11 is 0. The maximum Gasteiger partial charge on any atom is 0.152 e. The predicted molar refractivity (Wildman–Crippen MR) is 13.3 cm³/mol. The second-order valence-corrected chi connectivity index (χ2v) is 0.0816. The van der Waals surface area contributed by atoms with E-state index in [2.05, 4.69) is 0 Å². The molecule has 1 N–H and O–H groups in total. The van der Waals surface area contributed by atoms with Crippen LogP contribution in [0.3, 0.4) is 0 Å². The minimum atomic E-state index is 0. The normalized spacial score (nSPS) is 3.00. The van der Waals surface area contributed by atoms with E-state index >= 15 is 0 Å².